The number of pyridine rings is 1. The molecule has 3 aromatic rings. The zero-order valence-corrected chi connectivity index (χ0v) is 12.5. The van der Waals surface area contributed by atoms with Crippen molar-refractivity contribution in [3.63, 3.8) is 0 Å². The van der Waals surface area contributed by atoms with E-state index in [0.29, 0.717) is 6.54 Å². The number of aromatic nitrogens is 4. The van der Waals surface area contributed by atoms with Crippen LogP contribution in [0.4, 0.5) is 0 Å². The van der Waals surface area contributed by atoms with Crippen LogP contribution in [0.2, 0.25) is 0 Å². The molecule has 0 saturated carbocycles. The number of benzene rings is 1. The van der Waals surface area contributed by atoms with Crippen LogP contribution in [0.3, 0.4) is 0 Å². The van der Waals surface area contributed by atoms with Crippen molar-refractivity contribution in [3.05, 3.63) is 48.4 Å². The Morgan fingerprint density at radius 2 is 2.00 bits per heavy atom. The van der Waals surface area contributed by atoms with Gasteiger partial charge in [-0.15, -0.1) is 5.10 Å². The van der Waals surface area contributed by atoms with Crippen molar-refractivity contribution >= 4 is 10.9 Å². The summed E-state index contributed by atoms with van der Waals surface area (Å²) in [5.74, 6) is 0. The molecule has 0 radical (unpaired) electrons. The Bertz CT molecular complexity index is 749. The van der Waals surface area contributed by atoms with E-state index in [-0.39, 0.29) is 5.54 Å². The summed E-state index contributed by atoms with van der Waals surface area (Å²) in [5, 5.41) is 13.0. The van der Waals surface area contributed by atoms with E-state index in [1.165, 1.54) is 0 Å². The lowest BCUT2D eigenvalue weighted by Gasteiger charge is -2.19. The third-order valence-electron chi connectivity index (χ3n) is 3.21. The largest absolute Gasteiger partial charge is 0.306 e. The normalized spacial score (nSPS) is 12.0. The lowest BCUT2D eigenvalue weighted by atomic mass is 10.1. The summed E-state index contributed by atoms with van der Waals surface area (Å²) >= 11 is 0. The molecule has 0 bridgehead atoms. The molecule has 108 valence electrons. The van der Waals surface area contributed by atoms with Gasteiger partial charge in [-0.1, -0.05) is 11.3 Å². The van der Waals surface area contributed by atoms with Crippen molar-refractivity contribution in [1.82, 2.24) is 25.3 Å². The molecule has 5 nitrogen and oxygen atoms in total. The van der Waals surface area contributed by atoms with Crippen LogP contribution in [0.15, 0.2) is 42.7 Å². The van der Waals surface area contributed by atoms with Crippen LogP contribution in [0.25, 0.3) is 16.6 Å². The van der Waals surface area contributed by atoms with Crippen molar-refractivity contribution in [3.8, 4) is 5.69 Å². The maximum absolute atomic E-state index is 4.37. The summed E-state index contributed by atoms with van der Waals surface area (Å²) in [7, 11) is 0. The fourth-order valence-electron chi connectivity index (χ4n) is 2.14. The number of rotatable bonds is 3. The van der Waals surface area contributed by atoms with Gasteiger partial charge in [-0.05, 0) is 45.0 Å². The Kier molecular flexibility index (Phi) is 3.43. The average Bonchev–Trinajstić information content (AvgIpc) is 2.92. The van der Waals surface area contributed by atoms with E-state index in [2.05, 4.69) is 41.4 Å². The maximum atomic E-state index is 4.37. The molecule has 0 amide bonds. The lowest BCUT2D eigenvalue weighted by molar-refractivity contribution is 0.421. The third kappa shape index (κ3) is 3.08. The number of nitrogens with one attached hydrogen (secondary N) is 1. The molecule has 0 aliphatic heterocycles. The van der Waals surface area contributed by atoms with Crippen molar-refractivity contribution in [1.29, 1.82) is 0 Å². The SMILES string of the molecule is CC(C)(C)NCc1cn(-c2cccc3ncccc23)nn1. The first-order valence-corrected chi connectivity index (χ1v) is 7.03. The van der Waals surface area contributed by atoms with Gasteiger partial charge in [0.1, 0.15) is 0 Å². The predicted molar refractivity (Wildman–Crippen MR) is 83.3 cm³/mol. The van der Waals surface area contributed by atoms with Gasteiger partial charge in [-0.25, -0.2) is 4.68 Å². The van der Waals surface area contributed by atoms with Crippen LogP contribution in [0.5, 0.6) is 0 Å². The minimum absolute atomic E-state index is 0.0626. The molecule has 3 rings (SSSR count). The second-order valence-electron chi connectivity index (χ2n) is 6.11. The minimum Gasteiger partial charge on any atom is -0.306 e. The van der Waals surface area contributed by atoms with Crippen LogP contribution in [0, 0.1) is 0 Å². The zero-order chi connectivity index (χ0) is 14.9. The Morgan fingerprint density at radius 1 is 1.14 bits per heavy atom. The molecule has 0 saturated heterocycles. The molecule has 1 N–H and O–H groups in total. The van der Waals surface area contributed by atoms with Crippen LogP contribution in [-0.2, 0) is 6.54 Å². The fraction of sp³-hybridized carbons (Fsp3) is 0.312. The molecule has 2 heterocycles. The highest BCUT2D eigenvalue weighted by Gasteiger charge is 2.11. The van der Waals surface area contributed by atoms with Crippen LogP contribution >= 0.6 is 0 Å². The first-order chi connectivity index (χ1) is 10.0. The summed E-state index contributed by atoms with van der Waals surface area (Å²) in [6, 6.07) is 9.99. The maximum Gasteiger partial charge on any atom is 0.0969 e. The standard InChI is InChI=1S/C16H19N5/c1-16(2,3)18-10-12-11-21(20-19-12)15-8-4-7-14-13(15)6-5-9-17-14/h4-9,11,18H,10H2,1-3H3. The Morgan fingerprint density at radius 3 is 2.81 bits per heavy atom. The highest BCUT2D eigenvalue weighted by atomic mass is 15.4. The van der Waals surface area contributed by atoms with Crippen molar-refractivity contribution < 1.29 is 0 Å². The number of fused-ring (bicyclic) bond motifs is 1. The van der Waals surface area contributed by atoms with Gasteiger partial charge in [0, 0.05) is 23.7 Å². The smallest absolute Gasteiger partial charge is 0.0969 e. The second-order valence-corrected chi connectivity index (χ2v) is 6.11. The number of hydrogen-bond donors (Lipinski definition) is 1. The van der Waals surface area contributed by atoms with E-state index in [9.17, 15) is 0 Å². The van der Waals surface area contributed by atoms with E-state index in [4.69, 9.17) is 0 Å². The summed E-state index contributed by atoms with van der Waals surface area (Å²) in [6.45, 7) is 7.10. The summed E-state index contributed by atoms with van der Waals surface area (Å²) in [4.78, 5) is 4.37. The minimum atomic E-state index is 0.0626. The molecule has 0 spiro atoms. The Hall–Kier alpha value is -2.27. The first-order valence-electron chi connectivity index (χ1n) is 7.03. The second kappa shape index (κ2) is 5.26. The molecule has 21 heavy (non-hydrogen) atoms. The molecule has 2 aromatic heterocycles. The molecule has 0 aliphatic rings. The van der Waals surface area contributed by atoms with Crippen LogP contribution < -0.4 is 5.32 Å². The molecule has 0 aliphatic carbocycles. The summed E-state index contributed by atoms with van der Waals surface area (Å²) in [6.07, 6.45) is 3.76. The summed E-state index contributed by atoms with van der Waals surface area (Å²) < 4.78 is 1.81. The van der Waals surface area contributed by atoms with Crippen molar-refractivity contribution in [2.24, 2.45) is 0 Å². The van der Waals surface area contributed by atoms with Crippen molar-refractivity contribution in [2.45, 2.75) is 32.9 Å². The van der Waals surface area contributed by atoms with Crippen LogP contribution in [0.1, 0.15) is 26.5 Å². The third-order valence-corrected chi connectivity index (χ3v) is 3.21. The first kappa shape index (κ1) is 13.7. The van der Waals surface area contributed by atoms with Gasteiger partial charge in [0.15, 0.2) is 0 Å². The Labute approximate surface area is 124 Å². The zero-order valence-electron chi connectivity index (χ0n) is 12.5. The molecule has 0 atom stereocenters. The predicted octanol–water partition coefficient (Wildman–Crippen LogP) is 2.70. The van der Waals surface area contributed by atoms with Gasteiger partial charge in [0.05, 0.1) is 23.1 Å². The average molecular weight is 281 g/mol. The van der Waals surface area contributed by atoms with Crippen molar-refractivity contribution in [2.75, 3.05) is 0 Å². The Balaban J connectivity index is 1.92. The molecule has 0 unspecified atom stereocenters. The molecular formula is C16H19N5. The van der Waals surface area contributed by atoms with E-state index in [0.717, 1.165) is 22.3 Å². The monoisotopic (exact) mass is 281 g/mol. The molecule has 5 heteroatoms. The summed E-state index contributed by atoms with van der Waals surface area (Å²) in [5.41, 5.74) is 2.94. The van der Waals surface area contributed by atoms with Gasteiger partial charge in [-0.2, -0.15) is 0 Å². The topological polar surface area (TPSA) is 55.6 Å². The van der Waals surface area contributed by atoms with E-state index in [1.54, 1.807) is 6.20 Å². The number of nitrogens with zero attached hydrogens (tertiary/aromatic N) is 4. The molecule has 0 fully saturated rings. The van der Waals surface area contributed by atoms with Gasteiger partial charge >= 0.3 is 0 Å². The van der Waals surface area contributed by atoms with E-state index in [1.807, 2.05) is 41.2 Å². The highest BCUT2D eigenvalue weighted by molar-refractivity contribution is 5.86. The molecular weight excluding hydrogens is 262 g/mol. The van der Waals surface area contributed by atoms with Gasteiger partial charge in [-0.3, -0.25) is 4.98 Å². The highest BCUT2D eigenvalue weighted by Crippen LogP contribution is 2.19. The fourth-order valence-corrected chi connectivity index (χ4v) is 2.14. The van der Waals surface area contributed by atoms with Gasteiger partial charge < -0.3 is 5.32 Å². The number of hydrogen-bond acceptors (Lipinski definition) is 4. The quantitative estimate of drug-likeness (QED) is 0.802. The van der Waals surface area contributed by atoms with Gasteiger partial charge in [0.25, 0.3) is 0 Å². The molecule has 1 aromatic carbocycles. The van der Waals surface area contributed by atoms with E-state index < -0.39 is 0 Å². The van der Waals surface area contributed by atoms with Crippen LogP contribution in [-0.4, -0.2) is 25.5 Å². The lowest BCUT2D eigenvalue weighted by Crippen LogP contribution is -2.35. The van der Waals surface area contributed by atoms with E-state index >= 15 is 0 Å². The van der Waals surface area contributed by atoms with Gasteiger partial charge in [0.2, 0.25) is 0 Å².